The molecular formula is C28H37N5O5S. The van der Waals surface area contributed by atoms with Gasteiger partial charge in [-0.3, -0.25) is 9.59 Å². The molecule has 210 valence electrons. The summed E-state index contributed by atoms with van der Waals surface area (Å²) in [4.78, 5) is 43.8. The van der Waals surface area contributed by atoms with Gasteiger partial charge in [-0.25, -0.2) is 14.8 Å². The first kappa shape index (κ1) is 28.6. The fourth-order valence-corrected chi connectivity index (χ4v) is 5.53. The molecule has 0 aliphatic carbocycles. The number of thioether (sulfide) groups is 1. The van der Waals surface area contributed by atoms with Crippen LogP contribution in [0.4, 0.5) is 4.79 Å². The third-order valence-electron chi connectivity index (χ3n) is 7.18. The van der Waals surface area contributed by atoms with E-state index in [1.165, 1.54) is 0 Å². The number of ether oxygens (including phenoxy) is 2. The van der Waals surface area contributed by atoms with Crippen molar-refractivity contribution in [3.8, 4) is 11.5 Å². The van der Waals surface area contributed by atoms with Crippen LogP contribution in [0.1, 0.15) is 17.5 Å². The summed E-state index contributed by atoms with van der Waals surface area (Å²) in [5.41, 5.74) is 2.01. The van der Waals surface area contributed by atoms with E-state index in [-0.39, 0.29) is 30.9 Å². The first-order chi connectivity index (χ1) is 18.9. The summed E-state index contributed by atoms with van der Waals surface area (Å²) in [6.07, 6.45) is 2.58. The van der Waals surface area contributed by atoms with Gasteiger partial charge >= 0.3 is 6.03 Å². The van der Waals surface area contributed by atoms with Gasteiger partial charge in [0.05, 0.1) is 27.3 Å². The fraction of sp³-hybridized carbons (Fsp3) is 0.464. The zero-order valence-corrected chi connectivity index (χ0v) is 23.8. The number of hydrogen-bond donors (Lipinski definition) is 1. The molecule has 0 saturated carbocycles. The van der Waals surface area contributed by atoms with Gasteiger partial charge in [-0.2, -0.15) is 11.8 Å². The second-order valence-corrected chi connectivity index (χ2v) is 10.6. The van der Waals surface area contributed by atoms with Gasteiger partial charge in [0.25, 0.3) is 0 Å². The van der Waals surface area contributed by atoms with E-state index in [0.717, 1.165) is 28.4 Å². The molecule has 2 atom stereocenters. The van der Waals surface area contributed by atoms with Crippen molar-refractivity contribution in [1.29, 1.82) is 0 Å². The maximum Gasteiger partial charge on any atom is 0.334 e. The number of piperazine rings is 1. The summed E-state index contributed by atoms with van der Waals surface area (Å²) in [6.45, 7) is 1.09. The number of fused-ring (bicyclic) bond motifs is 1. The van der Waals surface area contributed by atoms with E-state index in [2.05, 4.69) is 5.32 Å². The van der Waals surface area contributed by atoms with Crippen molar-refractivity contribution in [2.45, 2.75) is 31.6 Å². The van der Waals surface area contributed by atoms with Crippen LogP contribution in [0.15, 0.2) is 48.5 Å². The SMILES string of the molecule is COc1ccc(CCN2C[C@H]3N(C(=O)CN(C)N3C(=O)NCc3ccc(OC)cc3)[C@@H](CCSC)C2=O)cc1. The molecule has 10 nitrogen and oxygen atoms in total. The van der Waals surface area contributed by atoms with Crippen molar-refractivity contribution in [3.05, 3.63) is 59.7 Å². The smallest absolute Gasteiger partial charge is 0.334 e. The molecule has 2 aromatic carbocycles. The summed E-state index contributed by atoms with van der Waals surface area (Å²) < 4.78 is 10.5. The lowest BCUT2D eigenvalue weighted by Gasteiger charge is -2.54. The molecule has 0 radical (unpaired) electrons. The van der Waals surface area contributed by atoms with Gasteiger partial charge in [-0.15, -0.1) is 0 Å². The predicted molar refractivity (Wildman–Crippen MR) is 150 cm³/mol. The van der Waals surface area contributed by atoms with Gasteiger partial charge in [0.15, 0.2) is 0 Å². The molecule has 0 bridgehead atoms. The van der Waals surface area contributed by atoms with Crippen LogP contribution >= 0.6 is 11.8 Å². The molecule has 2 aliphatic rings. The van der Waals surface area contributed by atoms with E-state index in [1.807, 2.05) is 54.8 Å². The van der Waals surface area contributed by atoms with E-state index in [0.29, 0.717) is 25.9 Å². The average molecular weight is 556 g/mol. The lowest BCUT2D eigenvalue weighted by Crippen LogP contribution is -2.76. The number of hydrogen-bond acceptors (Lipinski definition) is 7. The molecule has 2 aliphatic heterocycles. The number of nitrogens with one attached hydrogen (secondary N) is 1. The molecule has 2 fully saturated rings. The van der Waals surface area contributed by atoms with Crippen LogP contribution in [0.5, 0.6) is 11.5 Å². The second kappa shape index (κ2) is 13.1. The predicted octanol–water partition coefficient (Wildman–Crippen LogP) is 2.44. The van der Waals surface area contributed by atoms with Crippen LogP contribution < -0.4 is 14.8 Å². The number of carbonyl (C=O) groups is 3. The quantitative estimate of drug-likeness (QED) is 0.481. The zero-order valence-electron chi connectivity index (χ0n) is 23.0. The number of likely N-dealkylation sites (N-methyl/N-ethyl adjacent to an activating group) is 1. The Balaban J connectivity index is 1.52. The number of rotatable bonds is 10. The molecular weight excluding hydrogens is 518 g/mol. The molecule has 0 spiro atoms. The van der Waals surface area contributed by atoms with Gasteiger partial charge in [-0.1, -0.05) is 24.3 Å². The number of benzene rings is 2. The summed E-state index contributed by atoms with van der Waals surface area (Å²) in [5.74, 6) is 2.05. The Morgan fingerprint density at radius 1 is 1.00 bits per heavy atom. The molecule has 2 heterocycles. The first-order valence-electron chi connectivity index (χ1n) is 13.0. The van der Waals surface area contributed by atoms with Crippen LogP contribution in [-0.2, 0) is 22.6 Å². The Labute approximate surface area is 234 Å². The summed E-state index contributed by atoms with van der Waals surface area (Å²) in [6, 6.07) is 14.3. The number of urea groups is 1. The average Bonchev–Trinajstić information content (AvgIpc) is 2.95. The van der Waals surface area contributed by atoms with Crippen molar-refractivity contribution in [2.75, 3.05) is 52.9 Å². The maximum atomic E-state index is 13.6. The first-order valence-corrected chi connectivity index (χ1v) is 14.4. The monoisotopic (exact) mass is 555 g/mol. The van der Waals surface area contributed by atoms with E-state index in [1.54, 1.807) is 52.8 Å². The summed E-state index contributed by atoms with van der Waals surface area (Å²) >= 11 is 1.64. The second-order valence-electron chi connectivity index (χ2n) is 9.63. The maximum absolute atomic E-state index is 13.6. The van der Waals surface area contributed by atoms with Crippen molar-refractivity contribution in [3.63, 3.8) is 0 Å². The summed E-state index contributed by atoms with van der Waals surface area (Å²) in [7, 11) is 4.97. The van der Waals surface area contributed by atoms with Crippen molar-refractivity contribution in [1.82, 2.24) is 25.1 Å². The van der Waals surface area contributed by atoms with Crippen molar-refractivity contribution >= 4 is 29.6 Å². The van der Waals surface area contributed by atoms with Gasteiger partial charge < -0.3 is 24.6 Å². The van der Waals surface area contributed by atoms with Crippen LogP contribution in [0.3, 0.4) is 0 Å². The highest BCUT2D eigenvalue weighted by molar-refractivity contribution is 7.98. The Kier molecular flexibility index (Phi) is 9.58. The number of nitrogens with zero attached hydrogens (tertiary/aromatic N) is 4. The van der Waals surface area contributed by atoms with Crippen LogP contribution in [0, 0.1) is 0 Å². The lowest BCUT2D eigenvalue weighted by atomic mass is 10.0. The van der Waals surface area contributed by atoms with Gasteiger partial charge in [0.2, 0.25) is 11.8 Å². The van der Waals surface area contributed by atoms with E-state index in [4.69, 9.17) is 9.47 Å². The third-order valence-corrected chi connectivity index (χ3v) is 7.82. The molecule has 2 aromatic rings. The number of amides is 4. The minimum Gasteiger partial charge on any atom is -0.497 e. The van der Waals surface area contributed by atoms with Crippen LogP contribution in [0.2, 0.25) is 0 Å². The van der Waals surface area contributed by atoms with E-state index < -0.39 is 12.2 Å². The van der Waals surface area contributed by atoms with Crippen LogP contribution in [-0.4, -0.2) is 103 Å². The Bertz CT molecular complexity index is 1150. The highest BCUT2D eigenvalue weighted by atomic mass is 32.2. The molecule has 11 heteroatoms. The Morgan fingerprint density at radius 2 is 1.62 bits per heavy atom. The molecule has 0 unspecified atom stereocenters. The third kappa shape index (κ3) is 6.59. The minimum atomic E-state index is -0.606. The normalized spacial score (nSPS) is 19.6. The lowest BCUT2D eigenvalue weighted by molar-refractivity contribution is -0.187. The number of hydrazine groups is 1. The highest BCUT2D eigenvalue weighted by Gasteiger charge is 2.50. The molecule has 0 aromatic heterocycles. The molecule has 2 saturated heterocycles. The van der Waals surface area contributed by atoms with Crippen molar-refractivity contribution < 1.29 is 23.9 Å². The minimum absolute atomic E-state index is 0.0291. The largest absolute Gasteiger partial charge is 0.497 e. The van der Waals surface area contributed by atoms with Gasteiger partial charge in [-0.05, 0) is 60.2 Å². The Hall–Kier alpha value is -3.44. The molecule has 1 N–H and O–H groups in total. The van der Waals surface area contributed by atoms with Gasteiger partial charge in [0, 0.05) is 20.1 Å². The van der Waals surface area contributed by atoms with E-state index >= 15 is 0 Å². The highest BCUT2D eigenvalue weighted by Crippen LogP contribution is 2.28. The topological polar surface area (TPSA) is 94.7 Å². The zero-order chi connectivity index (χ0) is 27.9. The van der Waals surface area contributed by atoms with Crippen molar-refractivity contribution in [2.24, 2.45) is 0 Å². The van der Waals surface area contributed by atoms with E-state index in [9.17, 15) is 14.4 Å². The van der Waals surface area contributed by atoms with Crippen LogP contribution in [0.25, 0.3) is 0 Å². The fourth-order valence-electron chi connectivity index (χ4n) is 5.07. The summed E-state index contributed by atoms with van der Waals surface area (Å²) in [5, 5.41) is 6.22. The standard InChI is InChI=1S/C28H37N5O5S/c1-30-19-26(34)32-24(14-16-39-4)27(35)31(15-13-20-5-9-22(37-2)10-6-20)18-25(32)33(30)28(36)29-17-21-7-11-23(38-3)12-8-21/h5-12,24-25H,13-19H2,1-4H3,(H,29,36)/t24-,25-/m0/s1. The molecule has 39 heavy (non-hydrogen) atoms. The number of methoxy groups -OCH3 is 2. The molecule has 4 amide bonds. The van der Waals surface area contributed by atoms with Gasteiger partial charge in [0.1, 0.15) is 23.7 Å². The Morgan fingerprint density at radius 3 is 2.21 bits per heavy atom. The molecule has 4 rings (SSSR count). The number of carbonyl (C=O) groups excluding carboxylic acids is 3.